The fourth-order valence-corrected chi connectivity index (χ4v) is 2.28. The fraction of sp³-hybridized carbons (Fsp3) is 0.143. The molecule has 1 amide bonds. The monoisotopic (exact) mass is 404 g/mol. The highest BCUT2D eigenvalue weighted by Crippen LogP contribution is 2.32. The Morgan fingerprint density at radius 1 is 1.41 bits per heavy atom. The van der Waals surface area contributed by atoms with Gasteiger partial charge in [0, 0.05) is 10.7 Å². The number of aromatic nitrogens is 1. The van der Waals surface area contributed by atoms with E-state index in [4.69, 9.17) is 27.9 Å². The highest BCUT2D eigenvalue weighted by molar-refractivity contribution is 9.10. The van der Waals surface area contributed by atoms with Crippen LogP contribution < -0.4 is 15.6 Å². The maximum atomic E-state index is 12.1. The van der Waals surface area contributed by atoms with Crippen LogP contribution in [0.5, 0.6) is 5.75 Å². The third kappa shape index (κ3) is 4.03. The summed E-state index contributed by atoms with van der Waals surface area (Å²) in [5.41, 5.74) is -0.295. The van der Waals surface area contributed by atoms with Crippen LogP contribution in [0.15, 0.2) is 39.7 Å². The molecular weight excluding hydrogens is 395 g/mol. The van der Waals surface area contributed by atoms with Crippen molar-refractivity contribution in [1.29, 1.82) is 0 Å². The Labute approximate surface area is 144 Å². The lowest BCUT2D eigenvalue weighted by molar-refractivity contribution is -0.122. The zero-order chi connectivity index (χ0) is 16.3. The molecule has 1 aromatic carbocycles. The van der Waals surface area contributed by atoms with Gasteiger partial charge >= 0.3 is 0 Å². The Morgan fingerprint density at radius 3 is 2.86 bits per heavy atom. The summed E-state index contributed by atoms with van der Waals surface area (Å²) in [6.07, 6.45) is 0.610. The highest BCUT2D eigenvalue weighted by Gasteiger charge is 2.18. The topological polar surface area (TPSA) is 71.2 Å². The summed E-state index contributed by atoms with van der Waals surface area (Å²) in [5.74, 6) is -0.195. The number of aromatic amines is 1. The summed E-state index contributed by atoms with van der Waals surface area (Å²) < 4.78 is 6.11. The van der Waals surface area contributed by atoms with Crippen LogP contribution in [-0.2, 0) is 4.79 Å². The molecule has 0 spiro atoms. The quantitative estimate of drug-likeness (QED) is 0.811. The van der Waals surface area contributed by atoms with Gasteiger partial charge in [-0.25, -0.2) is 0 Å². The number of hydrogen-bond acceptors (Lipinski definition) is 3. The number of pyridine rings is 1. The minimum atomic E-state index is -0.866. The minimum absolute atomic E-state index is 0.118. The molecular formula is C14H11BrCl2N2O3. The molecule has 2 aromatic rings. The van der Waals surface area contributed by atoms with Gasteiger partial charge in [-0.2, -0.15) is 0 Å². The Bertz CT molecular complexity index is 764. The van der Waals surface area contributed by atoms with Crippen molar-refractivity contribution in [3.05, 3.63) is 55.3 Å². The highest BCUT2D eigenvalue weighted by atomic mass is 79.9. The number of nitrogens with one attached hydrogen (secondary N) is 2. The first kappa shape index (κ1) is 16.9. The van der Waals surface area contributed by atoms with Gasteiger partial charge in [0.15, 0.2) is 6.10 Å². The van der Waals surface area contributed by atoms with Crippen molar-refractivity contribution in [2.24, 2.45) is 0 Å². The molecule has 0 radical (unpaired) electrons. The molecule has 5 nitrogen and oxygen atoms in total. The first-order valence-electron chi connectivity index (χ1n) is 6.18. The summed E-state index contributed by atoms with van der Waals surface area (Å²) in [6.45, 7) is 1.54. The largest absolute Gasteiger partial charge is 0.479 e. The van der Waals surface area contributed by atoms with Gasteiger partial charge in [0.25, 0.3) is 11.5 Å². The van der Waals surface area contributed by atoms with Gasteiger partial charge in [0.2, 0.25) is 0 Å². The van der Waals surface area contributed by atoms with Crippen LogP contribution >= 0.6 is 39.1 Å². The van der Waals surface area contributed by atoms with E-state index < -0.39 is 17.6 Å². The number of carbonyl (C=O) groups excluding carboxylic acids is 1. The van der Waals surface area contributed by atoms with Gasteiger partial charge in [-0.15, -0.1) is 0 Å². The van der Waals surface area contributed by atoms with Gasteiger partial charge < -0.3 is 15.0 Å². The van der Waals surface area contributed by atoms with E-state index in [-0.39, 0.29) is 10.7 Å². The van der Waals surface area contributed by atoms with E-state index in [1.165, 1.54) is 12.3 Å². The molecule has 0 aliphatic carbocycles. The third-order valence-corrected chi connectivity index (χ3v) is 3.97. The van der Waals surface area contributed by atoms with E-state index in [2.05, 4.69) is 26.2 Å². The molecule has 0 aliphatic rings. The second-order valence-electron chi connectivity index (χ2n) is 4.36. The molecule has 1 atom stereocenters. The molecule has 1 unspecified atom stereocenters. The molecule has 1 aromatic heterocycles. The molecule has 0 saturated carbocycles. The molecule has 1 heterocycles. The van der Waals surface area contributed by atoms with Crippen LogP contribution in [0.1, 0.15) is 6.92 Å². The zero-order valence-electron chi connectivity index (χ0n) is 11.3. The van der Waals surface area contributed by atoms with Crippen molar-refractivity contribution < 1.29 is 9.53 Å². The van der Waals surface area contributed by atoms with E-state index in [0.717, 1.165) is 0 Å². The molecule has 0 bridgehead atoms. The van der Waals surface area contributed by atoms with Crippen molar-refractivity contribution >= 4 is 50.7 Å². The number of amides is 1. The SMILES string of the molecule is CC(Oc1cccc(Cl)c1Cl)C(=O)Nc1cc(Br)c[nH]c1=O. The second-order valence-corrected chi connectivity index (χ2v) is 6.06. The number of carbonyl (C=O) groups is 1. The first-order chi connectivity index (χ1) is 10.4. The third-order valence-electron chi connectivity index (χ3n) is 2.72. The molecule has 8 heteroatoms. The normalized spacial score (nSPS) is 11.8. The van der Waals surface area contributed by atoms with Crippen LogP contribution in [0, 0.1) is 0 Å². The van der Waals surface area contributed by atoms with Crippen LogP contribution in [0.4, 0.5) is 5.69 Å². The Hall–Kier alpha value is -1.50. The minimum Gasteiger partial charge on any atom is -0.479 e. The van der Waals surface area contributed by atoms with Crippen LogP contribution in [-0.4, -0.2) is 17.0 Å². The van der Waals surface area contributed by atoms with Gasteiger partial charge in [0.1, 0.15) is 16.5 Å². The van der Waals surface area contributed by atoms with Crippen molar-refractivity contribution in [3.8, 4) is 5.75 Å². The summed E-state index contributed by atoms with van der Waals surface area (Å²) in [4.78, 5) is 26.2. The zero-order valence-corrected chi connectivity index (χ0v) is 14.4. The average Bonchev–Trinajstić information content (AvgIpc) is 2.47. The van der Waals surface area contributed by atoms with Gasteiger partial charge in [-0.05, 0) is 41.1 Å². The van der Waals surface area contributed by atoms with Gasteiger partial charge in [-0.3, -0.25) is 9.59 Å². The fourth-order valence-electron chi connectivity index (χ4n) is 1.60. The predicted octanol–water partition coefficient (Wildman–Crippen LogP) is 3.85. The number of benzene rings is 1. The molecule has 0 saturated heterocycles. The number of anilines is 1. The molecule has 2 rings (SSSR count). The van der Waals surface area contributed by atoms with Gasteiger partial charge in [0.05, 0.1) is 5.02 Å². The molecule has 116 valence electrons. The van der Waals surface area contributed by atoms with Crippen LogP contribution in [0.25, 0.3) is 0 Å². The maximum Gasteiger partial charge on any atom is 0.271 e. The number of hydrogen-bond donors (Lipinski definition) is 2. The molecule has 0 aliphatic heterocycles. The smallest absolute Gasteiger partial charge is 0.271 e. The summed E-state index contributed by atoms with van der Waals surface area (Å²) in [5, 5.41) is 3.05. The Morgan fingerprint density at radius 2 is 2.14 bits per heavy atom. The van der Waals surface area contributed by atoms with Crippen molar-refractivity contribution in [2.45, 2.75) is 13.0 Å². The standard InChI is InChI=1S/C14H11BrCl2N2O3/c1-7(22-11-4-2-3-9(16)12(11)17)13(20)19-10-5-8(15)6-18-14(10)21/h2-7H,1H3,(H,18,21)(H,19,20). The first-order valence-corrected chi connectivity index (χ1v) is 7.73. The van der Waals surface area contributed by atoms with E-state index in [9.17, 15) is 9.59 Å². The van der Waals surface area contributed by atoms with Crippen LogP contribution in [0.2, 0.25) is 10.0 Å². The number of rotatable bonds is 4. The van der Waals surface area contributed by atoms with Crippen molar-refractivity contribution in [2.75, 3.05) is 5.32 Å². The second kappa shape index (κ2) is 7.17. The maximum absolute atomic E-state index is 12.1. The van der Waals surface area contributed by atoms with Crippen molar-refractivity contribution in [3.63, 3.8) is 0 Å². The van der Waals surface area contributed by atoms with E-state index >= 15 is 0 Å². The lowest BCUT2D eigenvalue weighted by Crippen LogP contribution is -2.32. The summed E-state index contributed by atoms with van der Waals surface area (Å²) in [6, 6.07) is 6.37. The Balaban J connectivity index is 2.11. The molecule has 2 N–H and O–H groups in total. The van der Waals surface area contributed by atoms with Crippen LogP contribution in [0.3, 0.4) is 0 Å². The van der Waals surface area contributed by atoms with Crippen molar-refractivity contribution in [1.82, 2.24) is 4.98 Å². The van der Waals surface area contributed by atoms with E-state index in [1.54, 1.807) is 25.1 Å². The lowest BCUT2D eigenvalue weighted by Gasteiger charge is -2.15. The van der Waals surface area contributed by atoms with E-state index in [1.807, 2.05) is 0 Å². The molecule has 0 fully saturated rings. The lowest BCUT2D eigenvalue weighted by atomic mass is 10.3. The number of H-pyrrole nitrogens is 1. The van der Waals surface area contributed by atoms with E-state index in [0.29, 0.717) is 15.2 Å². The summed E-state index contributed by atoms with van der Waals surface area (Å²) >= 11 is 15.1. The predicted molar refractivity (Wildman–Crippen MR) is 89.9 cm³/mol. The number of ether oxygens (including phenoxy) is 1. The molecule has 22 heavy (non-hydrogen) atoms. The number of halogens is 3. The summed E-state index contributed by atoms with van der Waals surface area (Å²) in [7, 11) is 0. The Kier molecular flexibility index (Phi) is 5.50. The van der Waals surface area contributed by atoms with Gasteiger partial charge in [-0.1, -0.05) is 29.3 Å². The average molecular weight is 406 g/mol.